The molecule has 3 nitrogen and oxygen atoms in total. The molecule has 15 heavy (non-hydrogen) atoms. The average molecular weight is 217 g/mol. The minimum absolute atomic E-state index is 0.220. The topological polar surface area (TPSA) is 32.3 Å². The Morgan fingerprint density at radius 2 is 1.60 bits per heavy atom. The normalized spacial score (nSPS) is 12.0. The number of quaternary nitrogens is 1. The van der Waals surface area contributed by atoms with Crippen LogP contribution in [0.25, 0.3) is 0 Å². The largest absolute Gasteiger partial charge is 0.395 e. The van der Waals surface area contributed by atoms with Crippen LogP contribution in [0.2, 0.25) is 0 Å². The van der Waals surface area contributed by atoms with Crippen LogP contribution >= 0.6 is 0 Å². The van der Waals surface area contributed by atoms with Gasteiger partial charge in [0, 0.05) is 0 Å². The van der Waals surface area contributed by atoms with Crippen LogP contribution in [-0.4, -0.2) is 43.5 Å². The van der Waals surface area contributed by atoms with Crippen molar-refractivity contribution in [1.82, 2.24) is 5.43 Å². The van der Waals surface area contributed by atoms with Crippen molar-refractivity contribution in [1.29, 1.82) is 0 Å². The molecule has 0 fully saturated rings. The molecule has 0 aromatic rings. The Balaban J connectivity index is 3.32. The highest BCUT2D eigenvalue weighted by Gasteiger charge is 2.12. The first-order valence-electron chi connectivity index (χ1n) is 6.31. The molecular formula is C12H29N2O+. The summed E-state index contributed by atoms with van der Waals surface area (Å²) in [5.41, 5.74) is 3.30. The van der Waals surface area contributed by atoms with Gasteiger partial charge in [-0.15, -0.1) is 0 Å². The summed E-state index contributed by atoms with van der Waals surface area (Å²) in [7, 11) is 4.31. The highest BCUT2D eigenvalue weighted by Crippen LogP contribution is 2.06. The van der Waals surface area contributed by atoms with Crippen molar-refractivity contribution in [3.8, 4) is 0 Å². The first kappa shape index (κ1) is 14.9. The summed E-state index contributed by atoms with van der Waals surface area (Å²) in [6, 6.07) is 0. The standard InChI is InChI=1S/C12H29N2O/c1-4-5-6-7-8-9-11-14(2,3)13-10-12-15/h13,15H,4-12H2,1-3H3/q+1. The molecule has 0 unspecified atom stereocenters. The third kappa shape index (κ3) is 10.2. The van der Waals surface area contributed by atoms with Crippen molar-refractivity contribution in [2.75, 3.05) is 33.8 Å². The molecule has 0 amide bonds. The number of hydrogen-bond acceptors (Lipinski definition) is 2. The van der Waals surface area contributed by atoms with Gasteiger partial charge in [0.05, 0.1) is 33.8 Å². The molecule has 0 spiro atoms. The smallest absolute Gasteiger partial charge is 0.0957 e. The molecule has 0 heterocycles. The van der Waals surface area contributed by atoms with Gasteiger partial charge in [0.1, 0.15) is 0 Å². The fraction of sp³-hybridized carbons (Fsp3) is 1.00. The molecule has 0 saturated heterocycles. The van der Waals surface area contributed by atoms with Gasteiger partial charge in [-0.25, -0.2) is 0 Å². The Hall–Kier alpha value is -0.120. The van der Waals surface area contributed by atoms with E-state index in [2.05, 4.69) is 26.4 Å². The Morgan fingerprint density at radius 3 is 2.20 bits per heavy atom. The molecule has 0 aliphatic carbocycles. The number of aliphatic hydroxyl groups excluding tert-OH is 1. The van der Waals surface area contributed by atoms with E-state index in [1.165, 1.54) is 38.5 Å². The lowest BCUT2D eigenvalue weighted by Crippen LogP contribution is -2.53. The van der Waals surface area contributed by atoms with Crippen LogP contribution in [0, 0.1) is 0 Å². The predicted octanol–water partition coefficient (Wildman–Crippen LogP) is 1.92. The predicted molar refractivity (Wildman–Crippen MR) is 65.4 cm³/mol. The zero-order valence-electron chi connectivity index (χ0n) is 10.8. The molecule has 2 N–H and O–H groups in total. The van der Waals surface area contributed by atoms with Crippen LogP contribution in [0.1, 0.15) is 45.4 Å². The Bertz CT molecular complexity index is 138. The Morgan fingerprint density at radius 1 is 1.00 bits per heavy atom. The van der Waals surface area contributed by atoms with Crippen molar-refractivity contribution in [3.63, 3.8) is 0 Å². The maximum Gasteiger partial charge on any atom is 0.0957 e. The average Bonchev–Trinajstić information content (AvgIpc) is 2.20. The highest BCUT2D eigenvalue weighted by molar-refractivity contribution is 4.43. The van der Waals surface area contributed by atoms with E-state index in [0.29, 0.717) is 6.54 Å². The molecule has 0 aromatic carbocycles. The van der Waals surface area contributed by atoms with E-state index >= 15 is 0 Å². The monoisotopic (exact) mass is 217 g/mol. The molecule has 0 aliphatic rings. The SMILES string of the molecule is CCCCCCCC[N+](C)(C)NCCO. The fourth-order valence-corrected chi connectivity index (χ4v) is 1.72. The maximum absolute atomic E-state index is 8.73. The molecule has 0 radical (unpaired) electrons. The zero-order valence-corrected chi connectivity index (χ0v) is 10.8. The molecule has 92 valence electrons. The van der Waals surface area contributed by atoms with Crippen LogP contribution in [0.15, 0.2) is 0 Å². The van der Waals surface area contributed by atoms with Gasteiger partial charge in [-0.2, -0.15) is 5.43 Å². The van der Waals surface area contributed by atoms with Crippen LogP contribution in [-0.2, 0) is 0 Å². The lowest BCUT2D eigenvalue weighted by atomic mass is 10.1. The Kier molecular flexibility index (Phi) is 9.06. The first-order valence-corrected chi connectivity index (χ1v) is 6.31. The van der Waals surface area contributed by atoms with E-state index in [1.54, 1.807) is 0 Å². The molecule has 0 bridgehead atoms. The van der Waals surface area contributed by atoms with Gasteiger partial charge >= 0.3 is 0 Å². The number of nitrogens with zero attached hydrogens (tertiary/aromatic N) is 1. The van der Waals surface area contributed by atoms with E-state index in [4.69, 9.17) is 5.11 Å². The Labute approximate surface area is 95.0 Å². The van der Waals surface area contributed by atoms with Crippen molar-refractivity contribution in [2.45, 2.75) is 45.4 Å². The molecule has 0 aromatic heterocycles. The number of nitrogens with one attached hydrogen (secondary N) is 1. The second kappa shape index (κ2) is 9.13. The van der Waals surface area contributed by atoms with E-state index in [1.807, 2.05) is 0 Å². The summed E-state index contributed by atoms with van der Waals surface area (Å²) in [5.74, 6) is 0. The van der Waals surface area contributed by atoms with Crippen molar-refractivity contribution in [3.05, 3.63) is 0 Å². The first-order chi connectivity index (χ1) is 7.12. The van der Waals surface area contributed by atoms with Crippen molar-refractivity contribution in [2.24, 2.45) is 0 Å². The number of rotatable bonds is 10. The second-order valence-corrected chi connectivity index (χ2v) is 4.81. The minimum Gasteiger partial charge on any atom is -0.395 e. The van der Waals surface area contributed by atoms with Crippen LogP contribution in [0.5, 0.6) is 0 Å². The van der Waals surface area contributed by atoms with Gasteiger partial charge in [0.2, 0.25) is 0 Å². The van der Waals surface area contributed by atoms with Gasteiger partial charge < -0.3 is 5.11 Å². The van der Waals surface area contributed by atoms with Gasteiger partial charge in [-0.1, -0.05) is 32.6 Å². The summed E-state index contributed by atoms with van der Waals surface area (Å²) in [5, 5.41) is 8.73. The summed E-state index contributed by atoms with van der Waals surface area (Å²) >= 11 is 0. The zero-order chi connectivity index (χ0) is 11.6. The molecular weight excluding hydrogens is 188 g/mol. The fourth-order valence-electron chi connectivity index (χ4n) is 1.72. The summed E-state index contributed by atoms with van der Waals surface area (Å²) in [4.78, 5) is 0. The molecule has 3 heteroatoms. The van der Waals surface area contributed by atoms with E-state index in [-0.39, 0.29) is 6.61 Å². The summed E-state index contributed by atoms with van der Waals surface area (Å²) in [6.45, 7) is 4.30. The summed E-state index contributed by atoms with van der Waals surface area (Å²) in [6.07, 6.45) is 8.06. The molecule has 0 atom stereocenters. The summed E-state index contributed by atoms with van der Waals surface area (Å²) < 4.78 is 0.814. The molecule has 0 saturated carbocycles. The van der Waals surface area contributed by atoms with Gasteiger partial charge in [-0.05, 0) is 12.8 Å². The minimum atomic E-state index is 0.220. The van der Waals surface area contributed by atoms with Crippen LogP contribution in [0.3, 0.4) is 0 Å². The number of hydrogen-bond donors (Lipinski definition) is 2. The van der Waals surface area contributed by atoms with Gasteiger partial charge in [0.15, 0.2) is 0 Å². The lowest BCUT2D eigenvalue weighted by Gasteiger charge is -2.29. The number of aliphatic hydroxyl groups is 1. The van der Waals surface area contributed by atoms with E-state index in [0.717, 1.165) is 11.1 Å². The van der Waals surface area contributed by atoms with Gasteiger partial charge in [0.25, 0.3) is 0 Å². The number of unbranched alkanes of at least 4 members (excludes halogenated alkanes) is 5. The third-order valence-electron chi connectivity index (χ3n) is 2.72. The van der Waals surface area contributed by atoms with Crippen LogP contribution in [0.4, 0.5) is 0 Å². The molecule has 0 rings (SSSR count). The van der Waals surface area contributed by atoms with Crippen LogP contribution < -0.4 is 5.43 Å². The lowest BCUT2D eigenvalue weighted by molar-refractivity contribution is -0.934. The van der Waals surface area contributed by atoms with E-state index in [9.17, 15) is 0 Å². The van der Waals surface area contributed by atoms with E-state index < -0.39 is 0 Å². The van der Waals surface area contributed by atoms with Crippen molar-refractivity contribution < 1.29 is 9.70 Å². The van der Waals surface area contributed by atoms with Crippen molar-refractivity contribution >= 4 is 0 Å². The maximum atomic E-state index is 8.73. The quantitative estimate of drug-likeness (QED) is 0.333. The third-order valence-corrected chi connectivity index (χ3v) is 2.72. The second-order valence-electron chi connectivity index (χ2n) is 4.81. The van der Waals surface area contributed by atoms with Gasteiger partial charge in [-0.3, -0.25) is 4.59 Å². The highest BCUT2D eigenvalue weighted by atomic mass is 16.3. The molecule has 0 aliphatic heterocycles.